The van der Waals surface area contributed by atoms with Gasteiger partial charge in [-0.25, -0.2) is 0 Å². The fourth-order valence-electron chi connectivity index (χ4n) is 3.66. The SMILES string of the molecule is CCNC(=NCC(c1ccc(OC)c(OC)c1)N(C)C)NCCN1CCCCC1.I. The van der Waals surface area contributed by atoms with Crippen LogP contribution in [-0.2, 0) is 0 Å². The van der Waals surface area contributed by atoms with Gasteiger partial charge in [-0.1, -0.05) is 12.5 Å². The number of piperidine rings is 1. The molecule has 2 rings (SSSR count). The molecule has 0 bridgehead atoms. The van der Waals surface area contributed by atoms with Crippen LogP contribution in [0, 0.1) is 0 Å². The summed E-state index contributed by atoms with van der Waals surface area (Å²) >= 11 is 0. The molecule has 0 radical (unpaired) electrons. The predicted octanol–water partition coefficient (Wildman–Crippen LogP) is 2.97. The third kappa shape index (κ3) is 8.47. The Labute approximate surface area is 199 Å². The van der Waals surface area contributed by atoms with Gasteiger partial charge in [-0.2, -0.15) is 0 Å². The summed E-state index contributed by atoms with van der Waals surface area (Å²) in [5.41, 5.74) is 1.15. The largest absolute Gasteiger partial charge is 0.493 e. The molecule has 30 heavy (non-hydrogen) atoms. The van der Waals surface area contributed by atoms with Crippen LogP contribution in [0.15, 0.2) is 23.2 Å². The Morgan fingerprint density at radius 2 is 1.80 bits per heavy atom. The van der Waals surface area contributed by atoms with Gasteiger partial charge in [0, 0.05) is 19.6 Å². The van der Waals surface area contributed by atoms with Gasteiger partial charge in [0.2, 0.25) is 0 Å². The van der Waals surface area contributed by atoms with E-state index in [1.54, 1.807) is 14.2 Å². The smallest absolute Gasteiger partial charge is 0.191 e. The number of aliphatic imine (C=N–C) groups is 1. The molecule has 0 aliphatic carbocycles. The fraction of sp³-hybridized carbons (Fsp3) is 0.682. The van der Waals surface area contributed by atoms with Crippen LogP contribution in [0.2, 0.25) is 0 Å². The van der Waals surface area contributed by atoms with Gasteiger partial charge in [-0.3, -0.25) is 4.99 Å². The lowest BCUT2D eigenvalue weighted by Crippen LogP contribution is -2.43. The molecule has 1 saturated heterocycles. The van der Waals surface area contributed by atoms with Crippen LogP contribution in [0.4, 0.5) is 0 Å². The first-order chi connectivity index (χ1) is 14.1. The van der Waals surface area contributed by atoms with E-state index in [9.17, 15) is 0 Å². The highest BCUT2D eigenvalue weighted by Crippen LogP contribution is 2.31. The monoisotopic (exact) mass is 533 g/mol. The van der Waals surface area contributed by atoms with Gasteiger partial charge in [0.1, 0.15) is 0 Å². The summed E-state index contributed by atoms with van der Waals surface area (Å²) < 4.78 is 10.8. The Kier molecular flexibility index (Phi) is 13.1. The van der Waals surface area contributed by atoms with Gasteiger partial charge in [0.15, 0.2) is 17.5 Å². The number of likely N-dealkylation sites (tertiary alicyclic amines) is 1. The normalized spacial score (nSPS) is 16.0. The second-order valence-electron chi connectivity index (χ2n) is 7.64. The van der Waals surface area contributed by atoms with E-state index in [2.05, 4.69) is 47.5 Å². The Hall–Kier alpha value is -1.26. The Bertz CT molecular complexity index is 636. The maximum absolute atomic E-state index is 5.47. The van der Waals surface area contributed by atoms with Crippen LogP contribution in [0.5, 0.6) is 11.5 Å². The molecule has 1 atom stereocenters. The van der Waals surface area contributed by atoms with Crippen LogP contribution in [-0.4, -0.2) is 83.3 Å². The van der Waals surface area contributed by atoms with Crippen molar-refractivity contribution in [2.24, 2.45) is 4.99 Å². The van der Waals surface area contributed by atoms with Gasteiger partial charge in [-0.05, 0) is 64.6 Å². The van der Waals surface area contributed by atoms with E-state index in [-0.39, 0.29) is 30.0 Å². The summed E-state index contributed by atoms with van der Waals surface area (Å²) in [5, 5.41) is 6.85. The van der Waals surface area contributed by atoms with Crippen molar-refractivity contribution in [1.29, 1.82) is 0 Å². The van der Waals surface area contributed by atoms with Crippen LogP contribution >= 0.6 is 24.0 Å². The number of guanidine groups is 1. The van der Waals surface area contributed by atoms with Crippen LogP contribution < -0.4 is 20.1 Å². The van der Waals surface area contributed by atoms with E-state index in [1.165, 1.54) is 32.4 Å². The molecule has 1 aliphatic rings. The number of hydrogen-bond donors (Lipinski definition) is 2. The van der Waals surface area contributed by atoms with Crippen LogP contribution in [0.1, 0.15) is 37.8 Å². The number of ether oxygens (including phenoxy) is 2. The molecular formula is C22H40IN5O2. The lowest BCUT2D eigenvalue weighted by Gasteiger charge is -2.27. The molecule has 2 N–H and O–H groups in total. The van der Waals surface area contributed by atoms with Crippen molar-refractivity contribution in [1.82, 2.24) is 20.4 Å². The second kappa shape index (κ2) is 14.7. The average Bonchev–Trinajstić information content (AvgIpc) is 2.74. The van der Waals surface area contributed by atoms with E-state index in [0.717, 1.165) is 42.7 Å². The van der Waals surface area contributed by atoms with E-state index in [0.29, 0.717) is 6.54 Å². The summed E-state index contributed by atoms with van der Waals surface area (Å²) in [7, 11) is 7.48. The highest BCUT2D eigenvalue weighted by atomic mass is 127. The van der Waals surface area contributed by atoms with Crippen molar-refractivity contribution in [3.05, 3.63) is 23.8 Å². The number of nitrogens with one attached hydrogen (secondary N) is 2. The molecule has 8 heteroatoms. The zero-order valence-electron chi connectivity index (χ0n) is 19.2. The van der Waals surface area contributed by atoms with Gasteiger partial charge in [-0.15, -0.1) is 24.0 Å². The molecule has 0 amide bonds. The van der Waals surface area contributed by atoms with Crippen molar-refractivity contribution in [2.45, 2.75) is 32.2 Å². The maximum atomic E-state index is 5.47. The number of methoxy groups -OCH3 is 2. The molecule has 1 fully saturated rings. The minimum atomic E-state index is 0. The standard InChI is InChI=1S/C22H39N5O2.HI/c1-6-23-22(24-12-15-27-13-8-7-9-14-27)25-17-19(26(2)3)18-10-11-20(28-4)21(16-18)29-5;/h10-11,16,19H,6-9,12-15,17H2,1-5H3,(H2,23,24,25);1H. The third-order valence-electron chi connectivity index (χ3n) is 5.35. The van der Waals surface area contributed by atoms with Crippen molar-refractivity contribution in [3.63, 3.8) is 0 Å². The van der Waals surface area contributed by atoms with Gasteiger partial charge < -0.3 is 29.9 Å². The molecule has 7 nitrogen and oxygen atoms in total. The summed E-state index contributed by atoms with van der Waals surface area (Å²) in [6.45, 7) is 8.01. The summed E-state index contributed by atoms with van der Waals surface area (Å²) in [5.74, 6) is 2.36. The first kappa shape index (κ1) is 26.8. The van der Waals surface area contributed by atoms with Crippen molar-refractivity contribution >= 4 is 29.9 Å². The average molecular weight is 533 g/mol. The number of benzene rings is 1. The van der Waals surface area contributed by atoms with Gasteiger partial charge in [0.05, 0.1) is 26.8 Å². The molecule has 0 spiro atoms. The van der Waals surface area contributed by atoms with E-state index >= 15 is 0 Å². The van der Waals surface area contributed by atoms with Gasteiger partial charge in [0.25, 0.3) is 0 Å². The summed E-state index contributed by atoms with van der Waals surface area (Å²) in [4.78, 5) is 9.57. The number of nitrogens with zero attached hydrogens (tertiary/aromatic N) is 3. The Morgan fingerprint density at radius 1 is 1.10 bits per heavy atom. The van der Waals surface area contributed by atoms with Crippen molar-refractivity contribution in [3.8, 4) is 11.5 Å². The highest BCUT2D eigenvalue weighted by molar-refractivity contribution is 14.0. The number of halogens is 1. The van der Waals surface area contributed by atoms with Crippen LogP contribution in [0.25, 0.3) is 0 Å². The first-order valence-corrected chi connectivity index (χ1v) is 10.7. The minimum Gasteiger partial charge on any atom is -0.493 e. The summed E-state index contributed by atoms with van der Waals surface area (Å²) in [6, 6.07) is 6.22. The quantitative estimate of drug-likeness (QED) is 0.274. The van der Waals surface area contributed by atoms with Crippen LogP contribution in [0.3, 0.4) is 0 Å². The third-order valence-corrected chi connectivity index (χ3v) is 5.35. The minimum absolute atomic E-state index is 0. The maximum Gasteiger partial charge on any atom is 0.191 e. The zero-order valence-corrected chi connectivity index (χ0v) is 21.6. The molecule has 1 heterocycles. The number of likely N-dealkylation sites (N-methyl/N-ethyl adjacent to an activating group) is 1. The molecular weight excluding hydrogens is 493 g/mol. The lowest BCUT2D eigenvalue weighted by molar-refractivity contribution is 0.232. The van der Waals surface area contributed by atoms with Crippen molar-refractivity contribution in [2.75, 3.05) is 67.6 Å². The number of hydrogen-bond acceptors (Lipinski definition) is 5. The molecule has 0 aromatic heterocycles. The topological polar surface area (TPSA) is 61.4 Å². The lowest BCUT2D eigenvalue weighted by atomic mass is 10.1. The molecule has 1 aromatic carbocycles. The second-order valence-corrected chi connectivity index (χ2v) is 7.64. The van der Waals surface area contributed by atoms with Gasteiger partial charge >= 0.3 is 0 Å². The first-order valence-electron chi connectivity index (χ1n) is 10.7. The fourth-order valence-corrected chi connectivity index (χ4v) is 3.66. The molecule has 1 aliphatic heterocycles. The Balaban J connectivity index is 0.00000450. The summed E-state index contributed by atoms with van der Waals surface area (Å²) in [6.07, 6.45) is 4.02. The molecule has 1 unspecified atom stereocenters. The number of rotatable bonds is 10. The molecule has 0 saturated carbocycles. The van der Waals surface area contributed by atoms with E-state index in [4.69, 9.17) is 14.5 Å². The Morgan fingerprint density at radius 3 is 2.40 bits per heavy atom. The predicted molar refractivity (Wildman–Crippen MR) is 136 cm³/mol. The zero-order chi connectivity index (χ0) is 21.1. The van der Waals surface area contributed by atoms with E-state index in [1.807, 2.05) is 12.1 Å². The molecule has 172 valence electrons. The molecule has 1 aromatic rings. The van der Waals surface area contributed by atoms with E-state index < -0.39 is 0 Å². The highest BCUT2D eigenvalue weighted by Gasteiger charge is 2.17. The van der Waals surface area contributed by atoms with Crippen molar-refractivity contribution < 1.29 is 9.47 Å².